The van der Waals surface area contributed by atoms with Gasteiger partial charge in [0.05, 0.1) is 25.4 Å². The molecular formula is C26H33N7O6. The average Bonchev–Trinajstić information content (AvgIpc) is 3.47. The molecule has 3 heterocycles. The number of rotatable bonds is 10. The highest BCUT2D eigenvalue weighted by Gasteiger charge is 2.61. The van der Waals surface area contributed by atoms with Crippen LogP contribution in [0.5, 0.6) is 0 Å². The Bertz CT molecular complexity index is 1230. The molecule has 1 aromatic heterocycles. The second kappa shape index (κ2) is 11.7. The first-order chi connectivity index (χ1) is 18.7. The van der Waals surface area contributed by atoms with Gasteiger partial charge in [0.25, 0.3) is 5.91 Å². The molecule has 3 amide bonds. The van der Waals surface area contributed by atoms with Crippen molar-refractivity contribution in [2.24, 2.45) is 5.73 Å². The molecule has 0 radical (unpaired) electrons. The molecule has 0 aliphatic carbocycles. The van der Waals surface area contributed by atoms with Crippen molar-refractivity contribution in [1.82, 2.24) is 25.8 Å². The predicted molar refractivity (Wildman–Crippen MR) is 140 cm³/mol. The van der Waals surface area contributed by atoms with Crippen molar-refractivity contribution >= 4 is 29.5 Å². The number of nitrogens with zero attached hydrogens (tertiary/aromatic N) is 2. The number of amides is 3. The molecule has 2 aromatic rings. The molecule has 7 N–H and O–H groups in total. The molecule has 0 spiro atoms. The maximum Gasteiger partial charge on any atom is 0.329 e. The summed E-state index contributed by atoms with van der Waals surface area (Å²) in [5, 5.41) is 27.2. The zero-order chi connectivity index (χ0) is 28.2. The van der Waals surface area contributed by atoms with E-state index in [1.54, 1.807) is 19.1 Å². The van der Waals surface area contributed by atoms with E-state index in [-0.39, 0.29) is 55.7 Å². The summed E-state index contributed by atoms with van der Waals surface area (Å²) in [6.45, 7) is 2.64. The number of carbonyl (C=O) groups excluding carboxylic acids is 3. The fraction of sp³-hybridized carbons (Fsp3) is 0.423. The van der Waals surface area contributed by atoms with Crippen LogP contribution in [-0.4, -0.2) is 95.8 Å². The molecule has 208 valence electrons. The van der Waals surface area contributed by atoms with Gasteiger partial charge in [0, 0.05) is 37.3 Å². The summed E-state index contributed by atoms with van der Waals surface area (Å²) >= 11 is 0. The van der Waals surface area contributed by atoms with E-state index in [9.17, 15) is 24.3 Å². The van der Waals surface area contributed by atoms with Crippen LogP contribution in [0.3, 0.4) is 0 Å². The maximum absolute atomic E-state index is 13.5. The largest absolute Gasteiger partial charge is 0.480 e. The molecule has 13 nitrogen and oxygen atoms in total. The first kappa shape index (κ1) is 27.8. The molecule has 3 unspecified atom stereocenters. The van der Waals surface area contributed by atoms with Crippen molar-refractivity contribution < 1.29 is 28.7 Å². The van der Waals surface area contributed by atoms with Crippen LogP contribution in [0.15, 0.2) is 47.1 Å². The van der Waals surface area contributed by atoms with E-state index >= 15 is 0 Å². The van der Waals surface area contributed by atoms with Gasteiger partial charge in [-0.2, -0.15) is 0 Å². The van der Waals surface area contributed by atoms with Crippen LogP contribution in [0, 0.1) is 5.41 Å². The van der Waals surface area contributed by atoms with E-state index in [0.717, 1.165) is 0 Å². The van der Waals surface area contributed by atoms with Gasteiger partial charge in [0.15, 0.2) is 11.6 Å². The number of aliphatic carboxylic acids is 1. The van der Waals surface area contributed by atoms with Gasteiger partial charge in [-0.1, -0.05) is 19.1 Å². The van der Waals surface area contributed by atoms with Crippen molar-refractivity contribution in [3.63, 3.8) is 0 Å². The maximum atomic E-state index is 13.5. The van der Waals surface area contributed by atoms with E-state index in [2.05, 4.69) is 16.0 Å². The van der Waals surface area contributed by atoms with Crippen molar-refractivity contribution in [2.45, 2.75) is 31.0 Å². The van der Waals surface area contributed by atoms with Crippen molar-refractivity contribution in [2.75, 3.05) is 39.3 Å². The van der Waals surface area contributed by atoms with Crippen LogP contribution in [0.4, 0.5) is 0 Å². The van der Waals surface area contributed by atoms with Crippen molar-refractivity contribution in [3.05, 3.63) is 59.5 Å². The Balaban J connectivity index is 1.88. The van der Waals surface area contributed by atoms with Crippen LogP contribution in [0.2, 0.25) is 0 Å². The molecule has 13 heteroatoms. The number of nitrogens with one attached hydrogen (secondary N) is 4. The zero-order valence-corrected chi connectivity index (χ0v) is 21.6. The lowest BCUT2D eigenvalue weighted by molar-refractivity contribution is -0.169. The highest BCUT2D eigenvalue weighted by atomic mass is 16.4. The number of nitrogen functional groups attached to an aromatic ring is 1. The minimum absolute atomic E-state index is 0.0405. The smallest absolute Gasteiger partial charge is 0.329 e. The lowest BCUT2D eigenvalue weighted by Crippen LogP contribution is -2.75. The van der Waals surface area contributed by atoms with Gasteiger partial charge < -0.3 is 41.0 Å². The first-order valence-electron chi connectivity index (χ1n) is 12.7. The molecule has 2 saturated heterocycles. The Labute approximate surface area is 225 Å². The SMILES string of the molecule is CCC(NC(=O)c1ccc(C(=N)N)cc1)C(c1ccco1)(C(C(=O)O)N1CCNCC1=O)N1CCNCC1=O. The van der Waals surface area contributed by atoms with Gasteiger partial charge in [-0.05, 0) is 30.7 Å². The highest BCUT2D eigenvalue weighted by Crippen LogP contribution is 2.41. The van der Waals surface area contributed by atoms with Gasteiger partial charge in [0.1, 0.15) is 11.6 Å². The summed E-state index contributed by atoms with van der Waals surface area (Å²) in [6.07, 6.45) is 1.59. The number of hydrogen-bond donors (Lipinski definition) is 6. The van der Waals surface area contributed by atoms with Gasteiger partial charge in [-0.3, -0.25) is 19.8 Å². The minimum atomic E-state index is -1.77. The van der Waals surface area contributed by atoms with Crippen molar-refractivity contribution in [1.29, 1.82) is 5.41 Å². The second-order valence-corrected chi connectivity index (χ2v) is 9.45. The highest BCUT2D eigenvalue weighted by molar-refractivity contribution is 5.98. The number of hydrogen-bond acceptors (Lipinski definition) is 8. The fourth-order valence-electron chi connectivity index (χ4n) is 5.49. The summed E-state index contributed by atoms with van der Waals surface area (Å²) < 4.78 is 5.85. The molecule has 4 rings (SSSR count). The summed E-state index contributed by atoms with van der Waals surface area (Å²) in [4.78, 5) is 56.0. The Morgan fingerprint density at radius 1 is 1.10 bits per heavy atom. The third-order valence-electron chi connectivity index (χ3n) is 7.24. The van der Waals surface area contributed by atoms with Gasteiger partial charge in [-0.25, -0.2) is 4.79 Å². The topological polar surface area (TPSA) is 194 Å². The lowest BCUT2D eigenvalue weighted by atomic mass is 9.75. The van der Waals surface area contributed by atoms with Crippen LogP contribution in [-0.2, 0) is 19.9 Å². The predicted octanol–water partition coefficient (Wildman–Crippen LogP) is -0.716. The number of amidine groups is 1. The number of carbonyl (C=O) groups is 4. The first-order valence-corrected chi connectivity index (χ1v) is 12.7. The molecule has 0 bridgehead atoms. The Morgan fingerprint density at radius 2 is 1.74 bits per heavy atom. The normalized spacial score (nSPS) is 19.2. The quantitative estimate of drug-likeness (QED) is 0.167. The third kappa shape index (κ3) is 5.22. The van der Waals surface area contributed by atoms with E-state index in [0.29, 0.717) is 18.7 Å². The Kier molecular flexibility index (Phi) is 8.31. The van der Waals surface area contributed by atoms with Gasteiger partial charge >= 0.3 is 5.97 Å². The second-order valence-electron chi connectivity index (χ2n) is 9.45. The molecule has 1 aromatic carbocycles. The fourth-order valence-corrected chi connectivity index (χ4v) is 5.49. The molecular weight excluding hydrogens is 506 g/mol. The summed E-state index contributed by atoms with van der Waals surface area (Å²) in [6, 6.07) is 6.73. The minimum Gasteiger partial charge on any atom is -0.480 e. The zero-order valence-electron chi connectivity index (χ0n) is 21.6. The number of carboxylic acids is 1. The molecule has 2 fully saturated rings. The van der Waals surface area contributed by atoms with Crippen LogP contribution in [0.1, 0.15) is 35.0 Å². The molecule has 2 aliphatic rings. The van der Waals surface area contributed by atoms with Crippen LogP contribution < -0.4 is 21.7 Å². The molecule has 2 aliphatic heterocycles. The number of furan rings is 1. The van der Waals surface area contributed by atoms with E-state index in [1.165, 1.54) is 40.3 Å². The molecule has 3 atom stereocenters. The van der Waals surface area contributed by atoms with Crippen molar-refractivity contribution in [3.8, 4) is 0 Å². The van der Waals surface area contributed by atoms with Crippen LogP contribution >= 0.6 is 0 Å². The summed E-state index contributed by atoms with van der Waals surface area (Å²) in [7, 11) is 0. The van der Waals surface area contributed by atoms with Gasteiger partial charge in [-0.15, -0.1) is 0 Å². The lowest BCUT2D eigenvalue weighted by Gasteiger charge is -2.54. The molecule has 0 saturated carbocycles. The van der Waals surface area contributed by atoms with Crippen LogP contribution in [0.25, 0.3) is 0 Å². The summed E-state index contributed by atoms with van der Waals surface area (Å²) in [5.41, 5.74) is 4.45. The van der Waals surface area contributed by atoms with E-state index < -0.39 is 35.4 Å². The van der Waals surface area contributed by atoms with E-state index in [4.69, 9.17) is 15.6 Å². The van der Waals surface area contributed by atoms with Gasteiger partial charge in [0.2, 0.25) is 11.8 Å². The monoisotopic (exact) mass is 539 g/mol. The Morgan fingerprint density at radius 3 is 2.28 bits per heavy atom. The van der Waals surface area contributed by atoms with E-state index in [1.807, 2.05) is 0 Å². The molecule has 39 heavy (non-hydrogen) atoms. The number of piperazine rings is 2. The number of benzene rings is 1. The summed E-state index contributed by atoms with van der Waals surface area (Å²) in [5.74, 6) is -2.67. The number of carboxylic acid groups (broad SMARTS) is 1. The average molecular weight is 540 g/mol. The number of nitrogens with two attached hydrogens (primary N) is 1. The Hall–Kier alpha value is -4.23. The third-order valence-corrected chi connectivity index (χ3v) is 7.24. The standard InChI is InChI=1S/C26H33N7O6/c1-2-18(31-24(36)17-7-5-16(6-8-17)23(27)28)26(19-4-3-13-39-19,33-12-10-30-15-21(33)35)22(25(37)38)32-11-9-29-14-20(32)34/h3-8,13,18,22,29-30H,2,9-12,14-15H2,1H3,(H3,27,28)(H,31,36)(H,37,38).